The van der Waals surface area contributed by atoms with Gasteiger partial charge in [0, 0.05) is 18.1 Å². The lowest BCUT2D eigenvalue weighted by Crippen LogP contribution is -2.49. The Morgan fingerprint density at radius 3 is 2.21 bits per heavy atom. The fraction of sp³-hybridized carbons (Fsp3) is 0.560. The number of nitrogens with one attached hydrogen (secondary N) is 1. The number of hydrogen-bond donors (Lipinski definition) is 5. The van der Waals surface area contributed by atoms with Crippen LogP contribution in [0.15, 0.2) is 48.6 Å². The zero-order valence-corrected chi connectivity index (χ0v) is 20.5. The summed E-state index contributed by atoms with van der Waals surface area (Å²) >= 11 is 4.14. The summed E-state index contributed by atoms with van der Waals surface area (Å²) in [4.78, 5) is 35.3. The maximum Gasteiger partial charge on any atom is 0.303 e. The van der Waals surface area contributed by atoms with Crippen LogP contribution in [-0.2, 0) is 14.4 Å². The standard InChI is InChI=1S/C25H40N2O5S/c1-2-3-4-5-6-7-8-9-10-11-12-13-15-20(22(28)16-14-17-24(30)31)25(32)21(19-33)27-23(29)18-26/h6-13,20-22,28,33H,2-5,14-19,26H2,1H3,(H,27,29)(H,30,31)/b7-6-,9-8+,11-10-,13-12?/t20-,21?,22+/m0/s1. The van der Waals surface area contributed by atoms with Crippen molar-refractivity contribution in [2.45, 2.75) is 70.4 Å². The number of carbonyl (C=O) groups is 3. The van der Waals surface area contributed by atoms with Gasteiger partial charge in [-0.2, -0.15) is 12.6 Å². The number of nitrogens with two attached hydrogens (primary N) is 1. The third kappa shape index (κ3) is 16.2. The molecule has 3 atom stereocenters. The number of hydrogen-bond acceptors (Lipinski definition) is 6. The number of carboxylic acid groups (broad SMARTS) is 1. The lowest BCUT2D eigenvalue weighted by Gasteiger charge is -2.25. The minimum absolute atomic E-state index is 0.0727. The fourth-order valence-electron chi connectivity index (χ4n) is 3.09. The maximum absolute atomic E-state index is 12.9. The molecule has 0 heterocycles. The highest BCUT2D eigenvalue weighted by Gasteiger charge is 2.31. The molecule has 0 aliphatic carbocycles. The molecule has 0 radical (unpaired) electrons. The van der Waals surface area contributed by atoms with Gasteiger partial charge < -0.3 is 21.3 Å². The average Bonchev–Trinajstić information content (AvgIpc) is 2.79. The SMILES string of the molecule is CCCCC\C=C/C=C/C=C\C=CC[C@H](C(=O)C(CS)NC(=O)CN)[C@H](O)CCCC(=O)O. The van der Waals surface area contributed by atoms with E-state index in [2.05, 4.69) is 30.9 Å². The molecule has 1 amide bonds. The molecule has 5 N–H and O–H groups in total. The van der Waals surface area contributed by atoms with Crippen LogP contribution in [0.4, 0.5) is 0 Å². The van der Waals surface area contributed by atoms with E-state index in [1.165, 1.54) is 19.3 Å². The summed E-state index contributed by atoms with van der Waals surface area (Å²) in [5, 5.41) is 21.9. The molecule has 0 saturated carbocycles. The summed E-state index contributed by atoms with van der Waals surface area (Å²) in [6, 6.07) is -0.875. The van der Waals surface area contributed by atoms with Crippen LogP contribution in [0.1, 0.15) is 58.3 Å². The number of amides is 1. The molecule has 1 unspecified atom stereocenters. The second-order valence-corrected chi connectivity index (χ2v) is 8.09. The molecule has 0 bridgehead atoms. The van der Waals surface area contributed by atoms with E-state index in [0.29, 0.717) is 0 Å². The lowest BCUT2D eigenvalue weighted by atomic mass is 9.87. The number of aliphatic hydroxyl groups is 1. The van der Waals surface area contributed by atoms with Gasteiger partial charge in [-0.05, 0) is 32.1 Å². The molecule has 0 aromatic rings. The lowest BCUT2D eigenvalue weighted by molar-refractivity contribution is -0.137. The largest absolute Gasteiger partial charge is 0.481 e. The summed E-state index contributed by atoms with van der Waals surface area (Å²) in [6.45, 7) is 1.92. The second-order valence-electron chi connectivity index (χ2n) is 7.73. The van der Waals surface area contributed by atoms with Crippen molar-refractivity contribution in [3.05, 3.63) is 48.6 Å². The summed E-state index contributed by atoms with van der Waals surface area (Å²) in [5.74, 6) is -2.51. The zero-order chi connectivity index (χ0) is 24.9. The molecule has 186 valence electrons. The monoisotopic (exact) mass is 480 g/mol. The number of aliphatic hydroxyl groups excluding tert-OH is 1. The molecule has 7 nitrogen and oxygen atoms in total. The zero-order valence-electron chi connectivity index (χ0n) is 19.6. The second kappa shape index (κ2) is 20.4. The average molecular weight is 481 g/mol. The molecule has 0 aromatic carbocycles. The molecule has 8 heteroatoms. The van der Waals surface area contributed by atoms with Crippen molar-refractivity contribution >= 4 is 30.3 Å². The van der Waals surface area contributed by atoms with Gasteiger partial charge in [-0.1, -0.05) is 68.4 Å². The van der Waals surface area contributed by atoms with Crippen molar-refractivity contribution < 1.29 is 24.6 Å². The number of Topliss-reactive ketones (excluding diaryl/α,β-unsaturated/α-hetero) is 1. The van der Waals surface area contributed by atoms with Gasteiger partial charge in [0.2, 0.25) is 5.91 Å². The van der Waals surface area contributed by atoms with Gasteiger partial charge in [0.1, 0.15) is 0 Å². The van der Waals surface area contributed by atoms with E-state index < -0.39 is 29.9 Å². The van der Waals surface area contributed by atoms with Gasteiger partial charge in [-0.3, -0.25) is 14.4 Å². The Morgan fingerprint density at radius 1 is 1.00 bits per heavy atom. The number of rotatable bonds is 19. The molecule has 0 aliphatic heterocycles. The highest BCUT2D eigenvalue weighted by molar-refractivity contribution is 7.80. The highest BCUT2D eigenvalue weighted by Crippen LogP contribution is 2.19. The quantitative estimate of drug-likeness (QED) is 0.109. The first-order chi connectivity index (χ1) is 15.9. The molecule has 0 rings (SSSR count). The Morgan fingerprint density at radius 2 is 1.64 bits per heavy atom. The predicted molar refractivity (Wildman–Crippen MR) is 136 cm³/mol. The summed E-state index contributed by atoms with van der Waals surface area (Å²) < 4.78 is 0. The van der Waals surface area contributed by atoms with Crippen molar-refractivity contribution in [3.8, 4) is 0 Å². The topological polar surface area (TPSA) is 130 Å². The van der Waals surface area contributed by atoms with E-state index in [1.807, 2.05) is 30.4 Å². The van der Waals surface area contributed by atoms with Gasteiger partial charge in [-0.15, -0.1) is 0 Å². The van der Waals surface area contributed by atoms with E-state index in [4.69, 9.17) is 10.8 Å². The van der Waals surface area contributed by atoms with Crippen molar-refractivity contribution in [3.63, 3.8) is 0 Å². The van der Waals surface area contributed by atoms with Gasteiger partial charge >= 0.3 is 5.97 Å². The third-order valence-electron chi connectivity index (χ3n) is 4.96. The Labute approximate surface area is 203 Å². The number of ketones is 1. The first-order valence-electron chi connectivity index (χ1n) is 11.6. The molecule has 33 heavy (non-hydrogen) atoms. The van der Waals surface area contributed by atoms with Crippen LogP contribution in [0.3, 0.4) is 0 Å². The Bertz CT molecular complexity index is 688. The van der Waals surface area contributed by atoms with E-state index in [0.717, 1.165) is 6.42 Å². The molecule has 0 aromatic heterocycles. The number of carboxylic acids is 1. The van der Waals surface area contributed by atoms with Gasteiger partial charge in [0.25, 0.3) is 0 Å². The van der Waals surface area contributed by atoms with Crippen LogP contribution in [0.25, 0.3) is 0 Å². The summed E-state index contributed by atoms with van der Waals surface area (Å²) in [7, 11) is 0. The smallest absolute Gasteiger partial charge is 0.303 e. The number of carbonyl (C=O) groups excluding carboxylic acids is 2. The summed E-state index contributed by atoms with van der Waals surface area (Å²) in [6.07, 6.45) is 19.5. The molecular weight excluding hydrogens is 440 g/mol. The van der Waals surface area contributed by atoms with E-state index >= 15 is 0 Å². The normalized spacial score (nSPS) is 14.9. The van der Waals surface area contributed by atoms with Crippen molar-refractivity contribution in [2.75, 3.05) is 12.3 Å². The van der Waals surface area contributed by atoms with Crippen molar-refractivity contribution in [1.82, 2.24) is 5.32 Å². The number of thiol groups is 1. The minimum Gasteiger partial charge on any atom is -0.481 e. The Hall–Kier alpha value is -2.16. The van der Waals surface area contributed by atoms with Crippen LogP contribution in [0.5, 0.6) is 0 Å². The molecule has 0 saturated heterocycles. The van der Waals surface area contributed by atoms with Gasteiger partial charge in [-0.25, -0.2) is 0 Å². The van der Waals surface area contributed by atoms with E-state index in [1.54, 1.807) is 12.2 Å². The summed E-state index contributed by atoms with van der Waals surface area (Å²) in [5.41, 5.74) is 5.31. The highest BCUT2D eigenvalue weighted by atomic mass is 32.1. The maximum atomic E-state index is 12.9. The van der Waals surface area contributed by atoms with Crippen LogP contribution in [0.2, 0.25) is 0 Å². The first-order valence-corrected chi connectivity index (χ1v) is 12.2. The minimum atomic E-state index is -1.03. The van der Waals surface area contributed by atoms with Crippen LogP contribution in [0, 0.1) is 5.92 Å². The van der Waals surface area contributed by atoms with E-state index in [-0.39, 0.29) is 43.8 Å². The van der Waals surface area contributed by atoms with Gasteiger partial charge in [0.15, 0.2) is 5.78 Å². The molecule has 0 fully saturated rings. The molecule has 0 aliphatic rings. The van der Waals surface area contributed by atoms with Crippen molar-refractivity contribution in [2.24, 2.45) is 11.7 Å². The van der Waals surface area contributed by atoms with Crippen LogP contribution >= 0.6 is 12.6 Å². The predicted octanol–water partition coefficient (Wildman–Crippen LogP) is 3.36. The van der Waals surface area contributed by atoms with Crippen molar-refractivity contribution in [1.29, 1.82) is 0 Å². The van der Waals surface area contributed by atoms with Gasteiger partial charge in [0.05, 0.1) is 18.7 Å². The van der Waals surface area contributed by atoms with Crippen LogP contribution < -0.4 is 11.1 Å². The van der Waals surface area contributed by atoms with Crippen LogP contribution in [-0.4, -0.2) is 52.3 Å². The molecular formula is C25H40N2O5S. The third-order valence-corrected chi connectivity index (χ3v) is 5.32. The molecule has 0 spiro atoms. The number of aliphatic carboxylic acids is 1. The fourth-order valence-corrected chi connectivity index (χ4v) is 3.36. The van der Waals surface area contributed by atoms with E-state index in [9.17, 15) is 19.5 Å². The number of allylic oxidation sites excluding steroid dienone is 8. The first kappa shape index (κ1) is 30.8. The number of unbranched alkanes of at least 4 members (excludes halogenated alkanes) is 3. The Balaban J connectivity index is 4.95. The Kier molecular flexibility index (Phi) is 19.1.